The molecule has 2 atom stereocenters. The fourth-order valence-corrected chi connectivity index (χ4v) is 4.06. The first kappa shape index (κ1) is 22.1. The molecule has 164 valence electrons. The van der Waals surface area contributed by atoms with Gasteiger partial charge in [-0.1, -0.05) is 13.3 Å². The monoisotopic (exact) mass is 415 g/mol. The maximum Gasteiger partial charge on any atom is 0.260 e. The summed E-state index contributed by atoms with van der Waals surface area (Å²) in [6.07, 6.45) is 3.63. The number of nitrogens with one attached hydrogen (secondary N) is 1. The Hall–Kier alpha value is -2.64. The predicted octanol–water partition coefficient (Wildman–Crippen LogP) is 2.51. The van der Waals surface area contributed by atoms with Gasteiger partial charge in [-0.05, 0) is 51.7 Å². The molecule has 30 heavy (non-hydrogen) atoms. The number of rotatable bonds is 7. The highest BCUT2D eigenvalue weighted by Crippen LogP contribution is 2.27. The number of aryl methyl sites for hydroxylation is 3. The molecule has 2 aromatic rings. The Morgan fingerprint density at radius 1 is 1.30 bits per heavy atom. The van der Waals surface area contributed by atoms with Crippen molar-refractivity contribution in [3.8, 4) is 5.88 Å². The summed E-state index contributed by atoms with van der Waals surface area (Å²) in [5, 5.41) is 8.23. The van der Waals surface area contributed by atoms with E-state index in [4.69, 9.17) is 4.74 Å². The van der Waals surface area contributed by atoms with Crippen molar-refractivity contribution in [2.24, 2.45) is 13.0 Å². The van der Waals surface area contributed by atoms with Crippen molar-refractivity contribution >= 4 is 22.8 Å². The molecule has 0 bridgehead atoms. The summed E-state index contributed by atoms with van der Waals surface area (Å²) in [4.78, 5) is 31.7. The number of hydrogen-bond donors (Lipinski definition) is 1. The summed E-state index contributed by atoms with van der Waals surface area (Å²) >= 11 is 0. The Balaban J connectivity index is 1.65. The molecule has 1 saturated heterocycles. The number of hydrogen-bond acceptors (Lipinski definition) is 5. The Bertz CT molecular complexity index is 923. The Labute approximate surface area is 178 Å². The minimum absolute atomic E-state index is 0.0434. The molecule has 8 nitrogen and oxygen atoms in total. The minimum atomic E-state index is -0.160. The Morgan fingerprint density at radius 2 is 2.07 bits per heavy atom. The standard InChI is InChI=1S/C22H33N5O3/c1-6-7-10-23-21(29)17-9-8-16(4)27(12-17)18(28)13-30-22-19-14(2)11-15(3)24-20(19)26(5)25-22/h11,16-17H,6-10,12-13H2,1-5H3,(H,23,29). The highest BCUT2D eigenvalue weighted by Gasteiger charge is 2.32. The van der Waals surface area contributed by atoms with Crippen LogP contribution in [0.3, 0.4) is 0 Å². The van der Waals surface area contributed by atoms with Crippen molar-refractivity contribution < 1.29 is 14.3 Å². The van der Waals surface area contributed by atoms with Gasteiger partial charge in [-0.25, -0.2) is 9.67 Å². The lowest BCUT2D eigenvalue weighted by molar-refractivity contribution is -0.140. The van der Waals surface area contributed by atoms with Gasteiger partial charge in [0.2, 0.25) is 11.8 Å². The molecule has 0 radical (unpaired) electrons. The van der Waals surface area contributed by atoms with Crippen molar-refractivity contribution in [2.75, 3.05) is 19.7 Å². The van der Waals surface area contributed by atoms with Gasteiger partial charge < -0.3 is 15.0 Å². The van der Waals surface area contributed by atoms with E-state index in [2.05, 4.69) is 22.3 Å². The van der Waals surface area contributed by atoms with Gasteiger partial charge in [-0.3, -0.25) is 9.59 Å². The van der Waals surface area contributed by atoms with Crippen LogP contribution < -0.4 is 10.1 Å². The van der Waals surface area contributed by atoms with E-state index < -0.39 is 0 Å². The molecule has 1 fully saturated rings. The van der Waals surface area contributed by atoms with Gasteiger partial charge in [0.15, 0.2) is 12.3 Å². The summed E-state index contributed by atoms with van der Waals surface area (Å²) in [5.41, 5.74) is 2.67. The molecular formula is C22H33N5O3. The van der Waals surface area contributed by atoms with E-state index in [0.29, 0.717) is 19.0 Å². The molecule has 8 heteroatoms. The van der Waals surface area contributed by atoms with Crippen LogP contribution in [-0.4, -0.2) is 57.2 Å². The quantitative estimate of drug-likeness (QED) is 0.702. The van der Waals surface area contributed by atoms with Crippen LogP contribution in [0.25, 0.3) is 11.0 Å². The first-order valence-corrected chi connectivity index (χ1v) is 10.8. The third-order valence-electron chi connectivity index (χ3n) is 5.82. The van der Waals surface area contributed by atoms with Crippen LogP contribution in [0.5, 0.6) is 5.88 Å². The Kier molecular flexibility index (Phi) is 6.95. The molecule has 1 N–H and O–H groups in total. The molecule has 0 aliphatic carbocycles. The van der Waals surface area contributed by atoms with Gasteiger partial charge in [0.25, 0.3) is 5.91 Å². The second kappa shape index (κ2) is 9.45. The maximum absolute atomic E-state index is 12.9. The van der Waals surface area contributed by atoms with E-state index in [9.17, 15) is 9.59 Å². The zero-order valence-electron chi connectivity index (χ0n) is 18.7. The molecule has 3 rings (SSSR count). The SMILES string of the molecule is CCCCNC(=O)C1CCC(C)N(C(=O)COc2nn(C)c3nc(C)cc(C)c23)C1. The number of carbonyl (C=O) groups excluding carboxylic acids is 2. The van der Waals surface area contributed by atoms with Crippen LogP contribution >= 0.6 is 0 Å². The van der Waals surface area contributed by atoms with E-state index in [-0.39, 0.29) is 30.4 Å². The smallest absolute Gasteiger partial charge is 0.260 e. The maximum atomic E-state index is 12.9. The minimum Gasteiger partial charge on any atom is -0.466 e. The first-order valence-electron chi connectivity index (χ1n) is 10.8. The van der Waals surface area contributed by atoms with Gasteiger partial charge in [-0.2, -0.15) is 0 Å². The Morgan fingerprint density at radius 3 is 2.80 bits per heavy atom. The van der Waals surface area contributed by atoms with Crippen molar-refractivity contribution in [3.63, 3.8) is 0 Å². The number of nitrogens with zero attached hydrogens (tertiary/aromatic N) is 4. The van der Waals surface area contributed by atoms with E-state index in [1.807, 2.05) is 33.9 Å². The number of pyridine rings is 1. The second-order valence-electron chi connectivity index (χ2n) is 8.31. The van der Waals surface area contributed by atoms with Crippen molar-refractivity contribution in [3.05, 3.63) is 17.3 Å². The molecule has 2 aromatic heterocycles. The van der Waals surface area contributed by atoms with Crippen molar-refractivity contribution in [1.82, 2.24) is 25.0 Å². The highest BCUT2D eigenvalue weighted by molar-refractivity contribution is 5.86. The van der Waals surface area contributed by atoms with Crippen LogP contribution in [0.2, 0.25) is 0 Å². The summed E-state index contributed by atoms with van der Waals surface area (Å²) in [6.45, 7) is 9.07. The number of fused-ring (bicyclic) bond motifs is 1. The lowest BCUT2D eigenvalue weighted by atomic mass is 9.92. The molecule has 0 saturated carbocycles. The summed E-state index contributed by atoms with van der Waals surface area (Å²) in [7, 11) is 1.82. The van der Waals surface area contributed by atoms with E-state index in [0.717, 1.165) is 48.0 Å². The third-order valence-corrected chi connectivity index (χ3v) is 5.82. The van der Waals surface area contributed by atoms with Crippen molar-refractivity contribution in [1.29, 1.82) is 0 Å². The average molecular weight is 416 g/mol. The molecule has 3 heterocycles. The first-order chi connectivity index (χ1) is 14.3. The summed E-state index contributed by atoms with van der Waals surface area (Å²) in [6, 6.07) is 2.07. The summed E-state index contributed by atoms with van der Waals surface area (Å²) < 4.78 is 7.51. The lowest BCUT2D eigenvalue weighted by Gasteiger charge is -2.37. The fraction of sp³-hybridized carbons (Fsp3) is 0.636. The molecule has 2 amide bonds. The van der Waals surface area contributed by atoms with Gasteiger partial charge in [0, 0.05) is 31.9 Å². The highest BCUT2D eigenvalue weighted by atomic mass is 16.5. The average Bonchev–Trinajstić information content (AvgIpc) is 3.02. The zero-order chi connectivity index (χ0) is 21.8. The van der Waals surface area contributed by atoms with Crippen LogP contribution in [0, 0.1) is 19.8 Å². The number of likely N-dealkylation sites (tertiary alicyclic amines) is 1. The van der Waals surface area contributed by atoms with Crippen LogP contribution in [0.4, 0.5) is 0 Å². The van der Waals surface area contributed by atoms with Gasteiger partial charge in [0.05, 0.1) is 11.3 Å². The number of unbranched alkanes of at least 4 members (excludes halogenated alkanes) is 1. The fourth-order valence-electron chi connectivity index (χ4n) is 4.06. The topological polar surface area (TPSA) is 89.4 Å². The number of amides is 2. The molecular weight excluding hydrogens is 382 g/mol. The lowest BCUT2D eigenvalue weighted by Crippen LogP contribution is -2.50. The van der Waals surface area contributed by atoms with Crippen LogP contribution in [-0.2, 0) is 16.6 Å². The second-order valence-corrected chi connectivity index (χ2v) is 8.31. The third kappa shape index (κ3) is 4.74. The van der Waals surface area contributed by atoms with Gasteiger partial charge >= 0.3 is 0 Å². The van der Waals surface area contributed by atoms with Crippen LogP contribution in [0.15, 0.2) is 6.07 Å². The van der Waals surface area contributed by atoms with E-state index in [1.165, 1.54) is 0 Å². The number of aromatic nitrogens is 3. The molecule has 0 spiro atoms. The number of piperidine rings is 1. The number of carbonyl (C=O) groups is 2. The molecule has 1 aliphatic rings. The van der Waals surface area contributed by atoms with E-state index >= 15 is 0 Å². The molecule has 2 unspecified atom stereocenters. The zero-order valence-corrected chi connectivity index (χ0v) is 18.7. The normalized spacial score (nSPS) is 19.2. The molecule has 1 aliphatic heterocycles. The van der Waals surface area contributed by atoms with Gasteiger partial charge in [0.1, 0.15) is 0 Å². The van der Waals surface area contributed by atoms with Gasteiger partial charge in [-0.15, -0.1) is 5.10 Å². The predicted molar refractivity (Wildman–Crippen MR) is 115 cm³/mol. The van der Waals surface area contributed by atoms with Crippen molar-refractivity contribution in [2.45, 2.75) is 59.4 Å². The largest absolute Gasteiger partial charge is 0.466 e. The molecule has 0 aromatic carbocycles. The van der Waals surface area contributed by atoms with E-state index in [1.54, 1.807) is 9.58 Å². The number of ether oxygens (including phenoxy) is 1. The van der Waals surface area contributed by atoms with Crippen LogP contribution in [0.1, 0.15) is 50.8 Å². The summed E-state index contributed by atoms with van der Waals surface area (Å²) in [5.74, 6) is 0.184.